The summed E-state index contributed by atoms with van der Waals surface area (Å²) < 4.78 is 24.4. The van der Waals surface area contributed by atoms with E-state index >= 15 is 0 Å². The fourth-order valence-electron chi connectivity index (χ4n) is 3.23. The third-order valence-electron chi connectivity index (χ3n) is 4.90. The summed E-state index contributed by atoms with van der Waals surface area (Å²) in [6.07, 6.45) is 3.24. The summed E-state index contributed by atoms with van der Waals surface area (Å²) in [6.45, 7) is 0. The topological polar surface area (TPSA) is 51.5 Å². The van der Waals surface area contributed by atoms with Gasteiger partial charge in [0.1, 0.15) is 11.6 Å². The van der Waals surface area contributed by atoms with Gasteiger partial charge < -0.3 is 14.5 Å². The molecule has 0 bridgehead atoms. The molecule has 1 saturated carbocycles. The van der Waals surface area contributed by atoms with Gasteiger partial charge in [0.25, 0.3) is 11.9 Å². The molecule has 0 spiro atoms. The molecule has 138 valence electrons. The van der Waals surface area contributed by atoms with Crippen molar-refractivity contribution < 1.29 is 18.3 Å². The van der Waals surface area contributed by atoms with Crippen LogP contribution in [-0.4, -0.2) is 5.91 Å². The van der Waals surface area contributed by atoms with Crippen LogP contribution in [0.25, 0.3) is 0 Å². The Bertz CT molecular complexity index is 901. The molecule has 1 amide bonds. The Balaban J connectivity index is 1.47. The van der Waals surface area contributed by atoms with Crippen LogP contribution >= 0.6 is 0 Å². The van der Waals surface area contributed by atoms with Gasteiger partial charge in [0.05, 0.1) is 6.04 Å². The summed E-state index contributed by atoms with van der Waals surface area (Å²) in [7, 11) is 0. The average molecular weight is 365 g/mol. The highest BCUT2D eigenvalue weighted by Gasteiger charge is 2.30. The van der Waals surface area contributed by atoms with Crippen molar-refractivity contribution in [2.24, 2.45) is 5.92 Å². The summed E-state index contributed by atoms with van der Waals surface area (Å²) in [4.78, 5) is 12.7. The quantitative estimate of drug-likeness (QED) is 0.629. The number of benzene rings is 2. The number of hydrogen-bond acceptors (Lipinski definition) is 3. The first kappa shape index (κ1) is 17.3. The van der Waals surface area contributed by atoms with Gasteiger partial charge in [-0.05, 0) is 54.7 Å². The number of carbonyl (C=O) groups is 1. The Morgan fingerprint density at radius 1 is 1.04 bits per heavy atom. The summed E-state index contributed by atoms with van der Waals surface area (Å²) in [5.74, 6) is 0.845. The van der Waals surface area contributed by atoms with Gasteiger partial charge in [-0.25, -0.2) is 4.39 Å². The largest absolute Gasteiger partial charge is 0.426 e. The standard InChI is InChI=1S/C22H20FNO3/c23-17-11-9-16(10-12-17)21(15-5-4-6-15)24-22(25)19-13-14-20(27-19)26-18-7-2-1-3-8-18/h1-3,7-15,21H,4-6H2,(H,24,25). The first-order valence-electron chi connectivity index (χ1n) is 9.08. The van der Waals surface area contributed by atoms with Crippen molar-refractivity contribution in [3.05, 3.63) is 83.9 Å². The molecule has 0 saturated heterocycles. The highest BCUT2D eigenvalue weighted by atomic mass is 19.1. The van der Waals surface area contributed by atoms with Gasteiger partial charge in [0.15, 0.2) is 5.76 Å². The number of carbonyl (C=O) groups excluding carboxylic acids is 1. The fourth-order valence-corrected chi connectivity index (χ4v) is 3.23. The van der Waals surface area contributed by atoms with Crippen LogP contribution in [0.1, 0.15) is 41.4 Å². The van der Waals surface area contributed by atoms with E-state index < -0.39 is 0 Å². The zero-order chi connectivity index (χ0) is 18.6. The molecule has 4 rings (SSSR count). The van der Waals surface area contributed by atoms with E-state index in [0.717, 1.165) is 24.8 Å². The lowest BCUT2D eigenvalue weighted by Crippen LogP contribution is -2.36. The van der Waals surface area contributed by atoms with Crippen LogP contribution in [0, 0.1) is 11.7 Å². The van der Waals surface area contributed by atoms with Gasteiger partial charge in [-0.2, -0.15) is 0 Å². The molecule has 4 nitrogen and oxygen atoms in total. The Kier molecular flexibility index (Phi) is 4.92. The molecule has 1 atom stereocenters. The van der Waals surface area contributed by atoms with Crippen LogP contribution in [0.4, 0.5) is 4.39 Å². The molecule has 1 unspecified atom stereocenters. The van der Waals surface area contributed by atoms with Gasteiger partial charge in [0.2, 0.25) is 0 Å². The molecule has 27 heavy (non-hydrogen) atoms. The number of ether oxygens (including phenoxy) is 1. The highest BCUT2D eigenvalue weighted by Crippen LogP contribution is 2.38. The van der Waals surface area contributed by atoms with Crippen molar-refractivity contribution in [1.82, 2.24) is 5.32 Å². The average Bonchev–Trinajstić information content (AvgIpc) is 3.10. The molecule has 2 aromatic carbocycles. The maximum Gasteiger partial charge on any atom is 0.290 e. The van der Waals surface area contributed by atoms with E-state index in [4.69, 9.17) is 9.15 Å². The second-order valence-corrected chi connectivity index (χ2v) is 6.73. The van der Waals surface area contributed by atoms with Crippen LogP contribution in [0.2, 0.25) is 0 Å². The van der Waals surface area contributed by atoms with E-state index in [1.165, 1.54) is 12.1 Å². The van der Waals surface area contributed by atoms with E-state index in [9.17, 15) is 9.18 Å². The maximum atomic E-state index is 13.2. The monoisotopic (exact) mass is 365 g/mol. The highest BCUT2D eigenvalue weighted by molar-refractivity contribution is 5.91. The molecular formula is C22H20FNO3. The third kappa shape index (κ3) is 4.03. The molecule has 5 heteroatoms. The van der Waals surface area contributed by atoms with Crippen LogP contribution < -0.4 is 10.1 Å². The predicted molar refractivity (Wildman–Crippen MR) is 99.2 cm³/mol. The summed E-state index contributed by atoms with van der Waals surface area (Å²) >= 11 is 0. The summed E-state index contributed by atoms with van der Waals surface area (Å²) in [5.41, 5.74) is 0.904. The molecule has 1 aliphatic carbocycles. The number of rotatable bonds is 6. The lowest BCUT2D eigenvalue weighted by molar-refractivity contribution is 0.0867. The predicted octanol–water partition coefficient (Wildman–Crippen LogP) is 5.48. The minimum atomic E-state index is -0.306. The van der Waals surface area contributed by atoms with E-state index in [-0.39, 0.29) is 29.5 Å². The van der Waals surface area contributed by atoms with Crippen molar-refractivity contribution in [2.45, 2.75) is 25.3 Å². The SMILES string of the molecule is O=C(NC(c1ccc(F)cc1)C1CCC1)c1ccc(Oc2ccccc2)o1. The van der Waals surface area contributed by atoms with Crippen LogP contribution in [-0.2, 0) is 0 Å². The molecule has 1 heterocycles. The van der Waals surface area contributed by atoms with Gasteiger partial charge in [0, 0.05) is 6.07 Å². The van der Waals surface area contributed by atoms with E-state index in [1.807, 2.05) is 30.3 Å². The van der Waals surface area contributed by atoms with Crippen LogP contribution in [0.5, 0.6) is 11.7 Å². The van der Waals surface area contributed by atoms with Gasteiger partial charge in [-0.1, -0.05) is 36.8 Å². The first-order chi connectivity index (χ1) is 13.2. The Morgan fingerprint density at radius 3 is 2.44 bits per heavy atom. The summed E-state index contributed by atoms with van der Waals surface area (Å²) in [5, 5.41) is 3.04. The van der Waals surface area contributed by atoms with Crippen molar-refractivity contribution >= 4 is 5.91 Å². The second kappa shape index (κ2) is 7.66. The molecule has 0 radical (unpaired) electrons. The number of furan rings is 1. The Morgan fingerprint density at radius 2 is 1.78 bits per heavy atom. The fraction of sp³-hybridized carbons (Fsp3) is 0.227. The molecule has 1 aliphatic rings. The number of hydrogen-bond donors (Lipinski definition) is 1. The summed E-state index contributed by atoms with van der Waals surface area (Å²) in [6, 6.07) is 18.6. The number of para-hydroxylation sites is 1. The van der Waals surface area contributed by atoms with E-state index in [0.29, 0.717) is 11.7 Å². The van der Waals surface area contributed by atoms with Crippen molar-refractivity contribution in [1.29, 1.82) is 0 Å². The zero-order valence-electron chi connectivity index (χ0n) is 14.7. The van der Waals surface area contributed by atoms with Crippen molar-refractivity contribution in [2.75, 3.05) is 0 Å². The van der Waals surface area contributed by atoms with E-state index in [2.05, 4.69) is 5.32 Å². The number of amides is 1. The Labute approximate surface area is 157 Å². The Hall–Kier alpha value is -3.08. The molecular weight excluding hydrogens is 345 g/mol. The minimum absolute atomic E-state index is 0.157. The lowest BCUT2D eigenvalue weighted by atomic mass is 9.77. The van der Waals surface area contributed by atoms with Gasteiger partial charge in [-0.15, -0.1) is 0 Å². The number of nitrogens with one attached hydrogen (secondary N) is 1. The van der Waals surface area contributed by atoms with Crippen molar-refractivity contribution in [3.8, 4) is 11.7 Å². The van der Waals surface area contributed by atoms with E-state index in [1.54, 1.807) is 24.3 Å². The second-order valence-electron chi connectivity index (χ2n) is 6.73. The lowest BCUT2D eigenvalue weighted by Gasteiger charge is -2.34. The third-order valence-corrected chi connectivity index (χ3v) is 4.90. The van der Waals surface area contributed by atoms with Gasteiger partial charge >= 0.3 is 0 Å². The molecule has 0 aliphatic heterocycles. The zero-order valence-corrected chi connectivity index (χ0v) is 14.7. The molecule has 1 aromatic heterocycles. The van der Waals surface area contributed by atoms with Crippen LogP contribution in [0.15, 0.2) is 71.1 Å². The normalized spacial score (nSPS) is 15.0. The molecule has 3 aromatic rings. The van der Waals surface area contributed by atoms with Crippen molar-refractivity contribution in [3.63, 3.8) is 0 Å². The molecule has 1 fully saturated rings. The number of halogens is 1. The van der Waals surface area contributed by atoms with Gasteiger partial charge in [-0.3, -0.25) is 4.79 Å². The first-order valence-corrected chi connectivity index (χ1v) is 9.08. The molecule has 1 N–H and O–H groups in total. The minimum Gasteiger partial charge on any atom is -0.426 e. The van der Waals surface area contributed by atoms with Crippen LogP contribution in [0.3, 0.4) is 0 Å². The smallest absolute Gasteiger partial charge is 0.290 e. The maximum absolute atomic E-state index is 13.2.